The fraction of sp³-hybridized carbons (Fsp3) is 0.619. The van der Waals surface area contributed by atoms with E-state index >= 15 is 0 Å². The van der Waals surface area contributed by atoms with Crippen LogP contribution in [0.5, 0.6) is 11.5 Å². The topological polar surface area (TPSA) is 59.1 Å². The Hall–Kier alpha value is -2.24. The molecule has 2 unspecified atom stereocenters. The number of benzene rings is 1. The molecule has 2 aliphatic heterocycles. The highest BCUT2D eigenvalue weighted by Crippen LogP contribution is 2.40. The predicted octanol–water partition coefficient (Wildman–Crippen LogP) is 2.67. The molecule has 2 saturated heterocycles. The van der Waals surface area contributed by atoms with Crippen LogP contribution < -0.4 is 9.47 Å². The average Bonchev–Trinajstić information content (AvgIpc) is 3.18. The molecule has 6 heteroatoms. The Bertz CT molecular complexity index is 685. The van der Waals surface area contributed by atoms with Crippen molar-refractivity contribution in [3.63, 3.8) is 0 Å². The third-order valence-corrected chi connectivity index (χ3v) is 5.80. The van der Waals surface area contributed by atoms with Crippen LogP contribution in [0.3, 0.4) is 0 Å². The van der Waals surface area contributed by atoms with E-state index in [1.165, 1.54) is 6.42 Å². The van der Waals surface area contributed by atoms with Crippen LogP contribution in [0.15, 0.2) is 18.2 Å². The lowest BCUT2D eigenvalue weighted by molar-refractivity contribution is -0.136. The molecule has 2 fully saturated rings. The number of nitrogens with zero attached hydrogens (tertiary/aromatic N) is 2. The van der Waals surface area contributed by atoms with Crippen molar-refractivity contribution in [1.82, 2.24) is 9.80 Å². The van der Waals surface area contributed by atoms with Crippen LogP contribution in [0.1, 0.15) is 44.1 Å². The molecule has 2 amide bonds. The maximum Gasteiger partial charge on any atom is 0.228 e. The molecule has 0 aliphatic carbocycles. The number of ether oxygens (including phenoxy) is 2. The van der Waals surface area contributed by atoms with E-state index in [4.69, 9.17) is 9.47 Å². The van der Waals surface area contributed by atoms with E-state index in [-0.39, 0.29) is 23.7 Å². The van der Waals surface area contributed by atoms with E-state index in [9.17, 15) is 9.59 Å². The highest BCUT2D eigenvalue weighted by molar-refractivity contribution is 5.83. The standard InChI is InChI=1S/C21H30N2O4/c1-4-20(24)23-13-17(16-12-15(26-2)8-9-19(16)27-3)18(14-23)21(25)22-10-6-5-7-11-22/h8-9,12,17-18H,4-7,10-11,13-14H2,1-3H3. The van der Waals surface area contributed by atoms with Gasteiger partial charge in [0.25, 0.3) is 0 Å². The van der Waals surface area contributed by atoms with Gasteiger partial charge >= 0.3 is 0 Å². The second-order valence-electron chi connectivity index (χ2n) is 7.36. The maximum atomic E-state index is 13.3. The molecule has 2 atom stereocenters. The lowest BCUT2D eigenvalue weighted by Crippen LogP contribution is -2.42. The van der Waals surface area contributed by atoms with Crippen molar-refractivity contribution in [2.45, 2.75) is 38.5 Å². The van der Waals surface area contributed by atoms with E-state index in [1.54, 1.807) is 14.2 Å². The molecule has 2 aliphatic rings. The number of amides is 2. The summed E-state index contributed by atoms with van der Waals surface area (Å²) in [5.41, 5.74) is 0.943. The molecule has 0 aromatic heterocycles. The summed E-state index contributed by atoms with van der Waals surface area (Å²) in [5.74, 6) is 1.41. The first-order chi connectivity index (χ1) is 13.1. The summed E-state index contributed by atoms with van der Waals surface area (Å²) in [6.07, 6.45) is 3.75. The molecule has 3 rings (SSSR count). The van der Waals surface area contributed by atoms with Crippen molar-refractivity contribution < 1.29 is 19.1 Å². The van der Waals surface area contributed by atoms with Crippen molar-refractivity contribution in [3.8, 4) is 11.5 Å². The normalized spacial score (nSPS) is 22.6. The van der Waals surface area contributed by atoms with Crippen molar-refractivity contribution in [2.75, 3.05) is 40.4 Å². The van der Waals surface area contributed by atoms with Gasteiger partial charge in [-0.3, -0.25) is 9.59 Å². The first-order valence-electron chi connectivity index (χ1n) is 9.87. The largest absolute Gasteiger partial charge is 0.497 e. The minimum absolute atomic E-state index is 0.0834. The fourth-order valence-electron chi connectivity index (χ4n) is 4.27. The van der Waals surface area contributed by atoms with Crippen molar-refractivity contribution >= 4 is 11.8 Å². The van der Waals surface area contributed by atoms with E-state index < -0.39 is 0 Å². The van der Waals surface area contributed by atoms with Crippen molar-refractivity contribution in [3.05, 3.63) is 23.8 Å². The molecule has 0 radical (unpaired) electrons. The Kier molecular flexibility index (Phi) is 6.24. The minimum atomic E-state index is -0.236. The predicted molar refractivity (Wildman–Crippen MR) is 103 cm³/mol. The van der Waals surface area contributed by atoms with Crippen molar-refractivity contribution in [1.29, 1.82) is 0 Å². The Balaban J connectivity index is 1.94. The smallest absolute Gasteiger partial charge is 0.228 e. The summed E-state index contributed by atoms with van der Waals surface area (Å²) in [5, 5.41) is 0. The zero-order valence-corrected chi connectivity index (χ0v) is 16.6. The van der Waals surface area contributed by atoms with Gasteiger partial charge in [-0.2, -0.15) is 0 Å². The van der Waals surface area contributed by atoms with Gasteiger partial charge in [0.2, 0.25) is 11.8 Å². The number of hydrogen-bond donors (Lipinski definition) is 0. The van der Waals surface area contributed by atoms with Gasteiger partial charge < -0.3 is 19.3 Å². The average molecular weight is 374 g/mol. The zero-order chi connectivity index (χ0) is 19.4. The lowest BCUT2D eigenvalue weighted by atomic mass is 9.86. The van der Waals surface area contributed by atoms with Crippen LogP contribution in [0.25, 0.3) is 0 Å². The number of carbonyl (C=O) groups excluding carboxylic acids is 2. The Morgan fingerprint density at radius 3 is 2.41 bits per heavy atom. The van der Waals surface area contributed by atoms with Gasteiger partial charge in [0.1, 0.15) is 11.5 Å². The number of hydrogen-bond acceptors (Lipinski definition) is 4. The number of carbonyl (C=O) groups is 2. The number of likely N-dealkylation sites (tertiary alicyclic amines) is 2. The molecule has 148 valence electrons. The van der Waals surface area contributed by atoms with Gasteiger partial charge in [0, 0.05) is 44.1 Å². The second kappa shape index (κ2) is 8.63. The molecule has 27 heavy (non-hydrogen) atoms. The lowest BCUT2D eigenvalue weighted by Gasteiger charge is -2.31. The van der Waals surface area contributed by atoms with Crippen LogP contribution in [-0.2, 0) is 9.59 Å². The van der Waals surface area contributed by atoms with E-state index in [1.807, 2.05) is 34.9 Å². The SMILES string of the molecule is CCC(=O)N1CC(C(=O)N2CCCCC2)C(c2cc(OC)ccc2OC)C1. The quantitative estimate of drug-likeness (QED) is 0.795. The van der Waals surface area contributed by atoms with Gasteiger partial charge in [-0.05, 0) is 37.5 Å². The van der Waals surface area contributed by atoms with E-state index in [2.05, 4.69) is 0 Å². The molecule has 0 N–H and O–H groups in total. The summed E-state index contributed by atoms with van der Waals surface area (Å²) in [4.78, 5) is 29.5. The van der Waals surface area contributed by atoms with Crippen LogP contribution in [0.4, 0.5) is 0 Å². The van der Waals surface area contributed by atoms with Crippen LogP contribution in [0.2, 0.25) is 0 Å². The highest BCUT2D eigenvalue weighted by Gasteiger charge is 2.43. The summed E-state index contributed by atoms with van der Waals surface area (Å²) in [6.45, 7) is 4.52. The molecule has 0 spiro atoms. The summed E-state index contributed by atoms with van der Waals surface area (Å²) in [7, 11) is 3.26. The van der Waals surface area contributed by atoms with Gasteiger partial charge in [-0.25, -0.2) is 0 Å². The van der Waals surface area contributed by atoms with Gasteiger partial charge in [0.15, 0.2) is 0 Å². The van der Waals surface area contributed by atoms with Gasteiger partial charge in [0.05, 0.1) is 20.1 Å². The minimum Gasteiger partial charge on any atom is -0.497 e. The maximum absolute atomic E-state index is 13.3. The molecule has 0 bridgehead atoms. The molecule has 0 saturated carbocycles. The van der Waals surface area contributed by atoms with Crippen LogP contribution in [0, 0.1) is 5.92 Å². The van der Waals surface area contributed by atoms with Gasteiger partial charge in [-0.1, -0.05) is 6.92 Å². The first kappa shape index (κ1) is 19.5. The zero-order valence-electron chi connectivity index (χ0n) is 16.6. The highest BCUT2D eigenvalue weighted by atomic mass is 16.5. The van der Waals surface area contributed by atoms with E-state index in [0.717, 1.165) is 43.0 Å². The fourth-order valence-corrected chi connectivity index (χ4v) is 4.27. The summed E-state index contributed by atoms with van der Waals surface area (Å²) in [6, 6.07) is 5.68. The third-order valence-electron chi connectivity index (χ3n) is 5.80. The molecular weight excluding hydrogens is 344 g/mol. The van der Waals surface area contributed by atoms with Crippen LogP contribution in [-0.4, -0.2) is 62.0 Å². The number of methoxy groups -OCH3 is 2. The number of piperidine rings is 1. The molecule has 6 nitrogen and oxygen atoms in total. The van der Waals surface area contributed by atoms with Gasteiger partial charge in [-0.15, -0.1) is 0 Å². The monoisotopic (exact) mass is 374 g/mol. The van der Waals surface area contributed by atoms with Crippen LogP contribution >= 0.6 is 0 Å². The molecule has 1 aromatic carbocycles. The Morgan fingerprint density at radius 2 is 1.78 bits per heavy atom. The summed E-state index contributed by atoms with van der Waals surface area (Å²) < 4.78 is 11.0. The summed E-state index contributed by atoms with van der Waals surface area (Å²) >= 11 is 0. The van der Waals surface area contributed by atoms with E-state index in [0.29, 0.717) is 19.5 Å². The molecule has 2 heterocycles. The third kappa shape index (κ3) is 4.04. The Morgan fingerprint density at radius 1 is 1.04 bits per heavy atom. The first-order valence-corrected chi connectivity index (χ1v) is 9.87. The second-order valence-corrected chi connectivity index (χ2v) is 7.36. The molecular formula is C21H30N2O4. The Labute approximate surface area is 161 Å². The van der Waals surface area contributed by atoms with Crippen molar-refractivity contribution in [2.24, 2.45) is 5.92 Å². The number of rotatable bonds is 5. The molecule has 1 aromatic rings.